The third-order valence-corrected chi connectivity index (χ3v) is 5.25. The van der Waals surface area contributed by atoms with Gasteiger partial charge in [0.15, 0.2) is 0 Å². The predicted molar refractivity (Wildman–Crippen MR) is 79.3 cm³/mol. The molecule has 0 amide bonds. The van der Waals surface area contributed by atoms with E-state index in [4.69, 9.17) is 0 Å². The number of aryl methyl sites for hydroxylation is 1. The van der Waals surface area contributed by atoms with Crippen molar-refractivity contribution in [1.82, 2.24) is 0 Å². The molecule has 2 aliphatic carbocycles. The molecule has 2 nitrogen and oxygen atoms in total. The molecule has 104 valence electrons. The Bertz CT molecular complexity index is 457. The molecule has 0 aromatic heterocycles. The molecule has 0 spiro atoms. The summed E-state index contributed by atoms with van der Waals surface area (Å²) >= 11 is 0. The van der Waals surface area contributed by atoms with Gasteiger partial charge in [-0.3, -0.25) is 0 Å². The van der Waals surface area contributed by atoms with Gasteiger partial charge in [-0.15, -0.1) is 0 Å². The fourth-order valence-corrected chi connectivity index (χ4v) is 4.29. The van der Waals surface area contributed by atoms with Crippen LogP contribution in [0, 0.1) is 24.7 Å². The first-order valence-corrected chi connectivity index (χ1v) is 7.59. The van der Waals surface area contributed by atoms with Gasteiger partial charge in [-0.1, -0.05) is 18.6 Å². The van der Waals surface area contributed by atoms with E-state index in [0.717, 1.165) is 23.3 Å². The van der Waals surface area contributed by atoms with Gasteiger partial charge in [0.05, 0.1) is 6.61 Å². The molecule has 1 aromatic carbocycles. The number of nitrogens with zero attached hydrogens (tertiary/aromatic N) is 1. The summed E-state index contributed by atoms with van der Waals surface area (Å²) in [5.41, 5.74) is 3.60. The maximum absolute atomic E-state index is 9.18. The molecule has 3 atom stereocenters. The minimum atomic E-state index is 0.136. The monoisotopic (exact) mass is 259 g/mol. The Hall–Kier alpha value is -1.02. The first-order valence-electron chi connectivity index (χ1n) is 7.59. The van der Waals surface area contributed by atoms with Crippen LogP contribution in [0.1, 0.15) is 36.8 Å². The summed E-state index contributed by atoms with van der Waals surface area (Å²) in [5.74, 6) is 2.92. The second-order valence-corrected chi connectivity index (χ2v) is 6.59. The molecule has 19 heavy (non-hydrogen) atoms. The molecule has 0 heterocycles. The van der Waals surface area contributed by atoms with Crippen molar-refractivity contribution in [1.29, 1.82) is 0 Å². The average molecular weight is 259 g/mol. The highest BCUT2D eigenvalue weighted by Gasteiger charge is 2.39. The lowest BCUT2D eigenvalue weighted by Gasteiger charge is -2.29. The van der Waals surface area contributed by atoms with E-state index in [1.165, 1.54) is 43.5 Å². The summed E-state index contributed by atoms with van der Waals surface area (Å²) in [6, 6.07) is 6.31. The number of aliphatic hydroxyl groups excluding tert-OH is 1. The molecule has 2 heteroatoms. The van der Waals surface area contributed by atoms with Crippen LogP contribution in [0.5, 0.6) is 0 Å². The molecule has 0 saturated heterocycles. The number of anilines is 1. The van der Waals surface area contributed by atoms with Gasteiger partial charge in [-0.25, -0.2) is 0 Å². The van der Waals surface area contributed by atoms with Crippen LogP contribution in [0.15, 0.2) is 18.2 Å². The minimum absolute atomic E-state index is 0.136. The Morgan fingerprint density at radius 1 is 1.26 bits per heavy atom. The first-order chi connectivity index (χ1) is 9.17. The summed E-state index contributed by atoms with van der Waals surface area (Å²) in [5, 5.41) is 9.18. The van der Waals surface area contributed by atoms with Crippen LogP contribution in [-0.2, 0) is 6.61 Å². The zero-order valence-electron chi connectivity index (χ0n) is 12.1. The van der Waals surface area contributed by atoms with Gasteiger partial charge in [-0.05, 0) is 61.1 Å². The lowest BCUT2D eigenvalue weighted by atomic mass is 9.88. The third-order valence-electron chi connectivity index (χ3n) is 5.25. The smallest absolute Gasteiger partial charge is 0.0681 e. The van der Waals surface area contributed by atoms with E-state index in [0.29, 0.717) is 0 Å². The van der Waals surface area contributed by atoms with Gasteiger partial charge in [0, 0.05) is 19.3 Å². The Labute approximate surface area is 116 Å². The summed E-state index contributed by atoms with van der Waals surface area (Å²) < 4.78 is 0. The Morgan fingerprint density at radius 2 is 2.11 bits per heavy atom. The number of rotatable bonds is 4. The van der Waals surface area contributed by atoms with Crippen LogP contribution in [0.2, 0.25) is 0 Å². The summed E-state index contributed by atoms with van der Waals surface area (Å²) in [4.78, 5) is 2.42. The molecular weight excluding hydrogens is 234 g/mol. The van der Waals surface area contributed by atoms with Gasteiger partial charge in [0.2, 0.25) is 0 Å². The van der Waals surface area contributed by atoms with Gasteiger partial charge in [-0.2, -0.15) is 0 Å². The van der Waals surface area contributed by atoms with Crippen LogP contribution in [-0.4, -0.2) is 18.7 Å². The highest BCUT2D eigenvalue weighted by molar-refractivity contribution is 5.54. The number of fused-ring (bicyclic) bond motifs is 2. The van der Waals surface area contributed by atoms with E-state index in [-0.39, 0.29) is 6.61 Å². The second-order valence-electron chi connectivity index (χ2n) is 6.59. The van der Waals surface area contributed by atoms with Crippen molar-refractivity contribution in [2.24, 2.45) is 17.8 Å². The summed E-state index contributed by atoms with van der Waals surface area (Å²) in [6.45, 7) is 3.48. The Kier molecular flexibility index (Phi) is 3.53. The van der Waals surface area contributed by atoms with E-state index >= 15 is 0 Å². The zero-order valence-corrected chi connectivity index (χ0v) is 12.1. The maximum Gasteiger partial charge on any atom is 0.0681 e. The summed E-state index contributed by atoms with van der Waals surface area (Å²) in [6.07, 6.45) is 5.88. The second kappa shape index (κ2) is 5.16. The van der Waals surface area contributed by atoms with Crippen molar-refractivity contribution >= 4 is 5.69 Å². The molecule has 2 fully saturated rings. The third kappa shape index (κ3) is 2.51. The van der Waals surface area contributed by atoms with Gasteiger partial charge in [0.1, 0.15) is 0 Å². The van der Waals surface area contributed by atoms with E-state index in [1.807, 2.05) is 6.07 Å². The zero-order chi connectivity index (χ0) is 13.4. The normalized spacial score (nSPS) is 28.9. The summed E-state index contributed by atoms with van der Waals surface area (Å²) in [7, 11) is 2.22. The Morgan fingerprint density at radius 3 is 2.68 bits per heavy atom. The highest BCUT2D eigenvalue weighted by Crippen LogP contribution is 2.48. The van der Waals surface area contributed by atoms with Gasteiger partial charge >= 0.3 is 0 Å². The van der Waals surface area contributed by atoms with E-state index in [1.54, 1.807) is 0 Å². The quantitative estimate of drug-likeness (QED) is 0.896. The van der Waals surface area contributed by atoms with Crippen molar-refractivity contribution < 1.29 is 5.11 Å². The minimum Gasteiger partial charge on any atom is -0.392 e. The number of benzene rings is 1. The number of hydrogen-bond donors (Lipinski definition) is 1. The molecule has 2 aliphatic rings. The maximum atomic E-state index is 9.18. The molecule has 2 saturated carbocycles. The van der Waals surface area contributed by atoms with Crippen LogP contribution < -0.4 is 4.90 Å². The highest BCUT2D eigenvalue weighted by atomic mass is 16.3. The van der Waals surface area contributed by atoms with Crippen molar-refractivity contribution in [3.8, 4) is 0 Å². The number of aliphatic hydroxyl groups is 1. The molecule has 3 unspecified atom stereocenters. The standard InChI is InChI=1S/C17H25NO/c1-12-7-14(11-19)4-6-17(12)18(2)10-16-9-13-3-5-15(16)8-13/h4,6-7,13,15-16,19H,3,5,8-11H2,1-2H3. The van der Waals surface area contributed by atoms with Crippen molar-refractivity contribution in [3.05, 3.63) is 29.3 Å². The molecular formula is C17H25NO. The van der Waals surface area contributed by atoms with Crippen molar-refractivity contribution in [2.75, 3.05) is 18.5 Å². The van der Waals surface area contributed by atoms with E-state index in [9.17, 15) is 5.11 Å². The van der Waals surface area contributed by atoms with Crippen LogP contribution in [0.25, 0.3) is 0 Å². The molecule has 0 aliphatic heterocycles. The Balaban J connectivity index is 1.68. The van der Waals surface area contributed by atoms with Crippen molar-refractivity contribution in [2.45, 2.75) is 39.2 Å². The molecule has 1 N–H and O–H groups in total. The predicted octanol–water partition coefficient (Wildman–Crippen LogP) is 3.36. The lowest BCUT2D eigenvalue weighted by Crippen LogP contribution is -2.29. The van der Waals surface area contributed by atoms with Gasteiger partial charge < -0.3 is 10.0 Å². The van der Waals surface area contributed by atoms with Crippen LogP contribution in [0.4, 0.5) is 5.69 Å². The topological polar surface area (TPSA) is 23.5 Å². The van der Waals surface area contributed by atoms with E-state index in [2.05, 4.69) is 31.0 Å². The largest absolute Gasteiger partial charge is 0.392 e. The van der Waals surface area contributed by atoms with Crippen molar-refractivity contribution in [3.63, 3.8) is 0 Å². The fraction of sp³-hybridized carbons (Fsp3) is 0.647. The molecule has 1 aromatic rings. The van der Waals surface area contributed by atoms with Gasteiger partial charge in [0.25, 0.3) is 0 Å². The average Bonchev–Trinajstić information content (AvgIpc) is 3.00. The lowest BCUT2D eigenvalue weighted by molar-refractivity contribution is 0.282. The molecule has 0 radical (unpaired) electrons. The number of hydrogen-bond acceptors (Lipinski definition) is 2. The molecule has 2 bridgehead atoms. The van der Waals surface area contributed by atoms with Crippen LogP contribution >= 0.6 is 0 Å². The van der Waals surface area contributed by atoms with Crippen LogP contribution in [0.3, 0.4) is 0 Å². The molecule has 3 rings (SSSR count). The fourth-order valence-electron chi connectivity index (χ4n) is 4.29. The first kappa shape index (κ1) is 13.0. The SMILES string of the molecule is Cc1cc(CO)ccc1N(C)CC1CC2CCC1C2. The van der Waals surface area contributed by atoms with E-state index < -0.39 is 0 Å².